The third-order valence-corrected chi connectivity index (χ3v) is 1.88. The Hall–Kier alpha value is -1.79. The van der Waals surface area contributed by atoms with E-state index in [-0.39, 0.29) is 22.5 Å². The van der Waals surface area contributed by atoms with Crippen molar-refractivity contribution in [2.75, 3.05) is 5.32 Å². The molecule has 2 radical (unpaired) electrons. The Labute approximate surface area is 96.4 Å². The number of rotatable bonds is 2. The van der Waals surface area contributed by atoms with Crippen LogP contribution in [0.4, 0.5) is 18.9 Å². The van der Waals surface area contributed by atoms with Crippen molar-refractivity contribution >= 4 is 30.7 Å². The third kappa shape index (κ3) is 3.62. The molecule has 1 aromatic carbocycles. The Balaban J connectivity index is 3.00. The summed E-state index contributed by atoms with van der Waals surface area (Å²) in [6.07, 6.45) is -4.99. The second-order valence-electron chi connectivity index (χ2n) is 3.35. The van der Waals surface area contributed by atoms with E-state index in [9.17, 15) is 22.8 Å². The van der Waals surface area contributed by atoms with Gasteiger partial charge < -0.3 is 5.32 Å². The molecule has 3 nitrogen and oxygen atoms in total. The van der Waals surface area contributed by atoms with Crippen molar-refractivity contribution in [2.24, 2.45) is 0 Å². The van der Waals surface area contributed by atoms with E-state index in [2.05, 4.69) is 0 Å². The van der Waals surface area contributed by atoms with E-state index in [1.165, 1.54) is 13.0 Å². The summed E-state index contributed by atoms with van der Waals surface area (Å²) in [4.78, 5) is 21.7. The van der Waals surface area contributed by atoms with E-state index >= 15 is 0 Å². The monoisotopic (exact) mass is 241 g/mol. The third-order valence-electron chi connectivity index (χ3n) is 1.88. The first-order valence-corrected chi connectivity index (χ1v) is 4.50. The number of benzene rings is 1. The molecule has 1 rings (SSSR count). The Bertz CT molecular complexity index is 471. The maximum absolute atomic E-state index is 12.0. The van der Waals surface area contributed by atoms with Gasteiger partial charge in [-0.25, -0.2) is 0 Å². The number of hydrogen-bond donors (Lipinski definition) is 1. The molecular formula is C10H7BF3NO2. The molecule has 0 fully saturated rings. The average molecular weight is 241 g/mol. The van der Waals surface area contributed by atoms with Crippen molar-refractivity contribution in [2.45, 2.75) is 13.1 Å². The predicted octanol–water partition coefficient (Wildman–Crippen LogP) is 1.18. The van der Waals surface area contributed by atoms with Gasteiger partial charge in [-0.3, -0.25) is 9.59 Å². The second kappa shape index (κ2) is 4.61. The minimum absolute atomic E-state index is 0.0928. The van der Waals surface area contributed by atoms with Crippen LogP contribution in [0.2, 0.25) is 0 Å². The fourth-order valence-electron chi connectivity index (χ4n) is 1.13. The van der Waals surface area contributed by atoms with Crippen LogP contribution in [-0.4, -0.2) is 25.7 Å². The molecular weight excluding hydrogens is 234 g/mol. The number of carbonyl (C=O) groups excluding carboxylic acids is 2. The van der Waals surface area contributed by atoms with Crippen LogP contribution >= 0.6 is 0 Å². The minimum Gasteiger partial charge on any atom is -0.318 e. The van der Waals surface area contributed by atoms with Gasteiger partial charge in [0.05, 0.1) is 0 Å². The second-order valence-corrected chi connectivity index (χ2v) is 3.35. The molecule has 7 heteroatoms. The van der Waals surface area contributed by atoms with Gasteiger partial charge in [0.25, 0.3) is 0 Å². The van der Waals surface area contributed by atoms with Crippen LogP contribution in [0, 0.1) is 0 Å². The van der Waals surface area contributed by atoms with Crippen LogP contribution in [-0.2, 0) is 4.79 Å². The molecule has 0 bridgehead atoms. The summed E-state index contributed by atoms with van der Waals surface area (Å²) in [7, 11) is 5.40. The van der Waals surface area contributed by atoms with Crippen LogP contribution in [0.1, 0.15) is 17.3 Å². The maximum Gasteiger partial charge on any atom is 0.471 e. The first-order chi connectivity index (χ1) is 7.70. The standard InChI is InChI=1S/C10H7BF3NO2/c1-5(16)6-2-7(11)4-8(3-6)15-9(17)10(12,13)14/h2-4H,1H3,(H,15,17). The minimum atomic E-state index is -4.99. The topological polar surface area (TPSA) is 46.2 Å². The van der Waals surface area contributed by atoms with Gasteiger partial charge in [-0.2, -0.15) is 13.2 Å². The average Bonchev–Trinajstić information content (AvgIpc) is 2.14. The van der Waals surface area contributed by atoms with Gasteiger partial charge in [0.1, 0.15) is 7.85 Å². The van der Waals surface area contributed by atoms with Crippen molar-refractivity contribution in [1.29, 1.82) is 0 Å². The molecule has 0 heterocycles. The normalized spacial score (nSPS) is 11.1. The van der Waals surface area contributed by atoms with Crippen LogP contribution in [0.5, 0.6) is 0 Å². The number of alkyl halides is 3. The van der Waals surface area contributed by atoms with Crippen LogP contribution in [0.3, 0.4) is 0 Å². The number of carbonyl (C=O) groups is 2. The van der Waals surface area contributed by atoms with Gasteiger partial charge in [0.15, 0.2) is 5.78 Å². The fraction of sp³-hybridized carbons (Fsp3) is 0.200. The number of anilines is 1. The molecule has 0 spiro atoms. The fourth-order valence-corrected chi connectivity index (χ4v) is 1.13. The summed E-state index contributed by atoms with van der Waals surface area (Å²) in [5.74, 6) is -2.47. The van der Waals surface area contributed by atoms with Gasteiger partial charge >= 0.3 is 12.1 Å². The van der Waals surface area contributed by atoms with Crippen LogP contribution < -0.4 is 10.8 Å². The molecule has 0 saturated heterocycles. The van der Waals surface area contributed by atoms with E-state index in [0.29, 0.717) is 0 Å². The SMILES string of the molecule is [B]c1cc(NC(=O)C(F)(F)F)cc(C(C)=O)c1. The Morgan fingerprint density at radius 2 is 1.82 bits per heavy atom. The summed E-state index contributed by atoms with van der Waals surface area (Å²) in [6, 6.07) is 3.57. The summed E-state index contributed by atoms with van der Waals surface area (Å²) >= 11 is 0. The lowest BCUT2D eigenvalue weighted by atomic mass is 9.92. The molecule has 0 unspecified atom stereocenters. The van der Waals surface area contributed by atoms with Gasteiger partial charge in [0, 0.05) is 11.3 Å². The van der Waals surface area contributed by atoms with E-state index in [1.54, 1.807) is 5.32 Å². The molecule has 17 heavy (non-hydrogen) atoms. The largest absolute Gasteiger partial charge is 0.471 e. The summed E-state index contributed by atoms with van der Waals surface area (Å²) in [5.41, 5.74) is 0.0511. The smallest absolute Gasteiger partial charge is 0.318 e. The maximum atomic E-state index is 12.0. The van der Waals surface area contributed by atoms with E-state index in [4.69, 9.17) is 7.85 Å². The van der Waals surface area contributed by atoms with Crippen molar-refractivity contribution in [3.8, 4) is 0 Å². The van der Waals surface area contributed by atoms with Crippen molar-refractivity contribution in [3.63, 3.8) is 0 Å². The first-order valence-electron chi connectivity index (χ1n) is 4.50. The molecule has 1 aromatic rings. The molecule has 1 amide bonds. The number of Topliss-reactive ketones (excluding diaryl/α,β-unsaturated/α-hetero) is 1. The lowest BCUT2D eigenvalue weighted by molar-refractivity contribution is -0.167. The molecule has 0 saturated carbocycles. The highest BCUT2D eigenvalue weighted by Crippen LogP contribution is 2.18. The molecule has 1 N–H and O–H groups in total. The highest BCUT2D eigenvalue weighted by molar-refractivity contribution is 6.33. The van der Waals surface area contributed by atoms with Gasteiger partial charge in [0.2, 0.25) is 0 Å². The van der Waals surface area contributed by atoms with Crippen LogP contribution in [0.25, 0.3) is 0 Å². The van der Waals surface area contributed by atoms with Gasteiger partial charge in [-0.15, -0.1) is 0 Å². The Kier molecular flexibility index (Phi) is 3.60. The summed E-state index contributed by atoms with van der Waals surface area (Å²) in [5, 5.41) is 1.62. The van der Waals surface area contributed by atoms with E-state index in [1.807, 2.05) is 0 Å². The molecule has 0 atom stereocenters. The van der Waals surface area contributed by atoms with E-state index < -0.39 is 12.1 Å². The summed E-state index contributed by atoms with van der Waals surface area (Å²) in [6.45, 7) is 1.24. The Morgan fingerprint density at radius 3 is 2.29 bits per heavy atom. The zero-order valence-corrected chi connectivity index (χ0v) is 8.76. The number of hydrogen-bond acceptors (Lipinski definition) is 2. The highest BCUT2D eigenvalue weighted by Gasteiger charge is 2.38. The molecule has 0 aliphatic heterocycles. The molecule has 0 aliphatic rings. The first kappa shape index (κ1) is 13.3. The van der Waals surface area contributed by atoms with Crippen molar-refractivity contribution < 1.29 is 22.8 Å². The van der Waals surface area contributed by atoms with Gasteiger partial charge in [-0.05, 0) is 19.1 Å². The number of halogens is 3. The van der Waals surface area contributed by atoms with Crippen LogP contribution in [0.15, 0.2) is 18.2 Å². The highest BCUT2D eigenvalue weighted by atomic mass is 19.4. The predicted molar refractivity (Wildman–Crippen MR) is 56.5 cm³/mol. The van der Waals surface area contributed by atoms with E-state index in [0.717, 1.165) is 12.1 Å². The number of amides is 1. The zero-order valence-electron chi connectivity index (χ0n) is 8.76. The lowest BCUT2D eigenvalue weighted by Gasteiger charge is -2.09. The van der Waals surface area contributed by atoms with Crippen molar-refractivity contribution in [3.05, 3.63) is 23.8 Å². The lowest BCUT2D eigenvalue weighted by Crippen LogP contribution is -2.30. The summed E-state index contributed by atoms with van der Waals surface area (Å²) < 4.78 is 36.0. The number of nitrogens with one attached hydrogen (secondary N) is 1. The molecule has 0 aliphatic carbocycles. The van der Waals surface area contributed by atoms with Gasteiger partial charge in [-0.1, -0.05) is 11.5 Å². The molecule has 88 valence electrons. The number of ketones is 1. The zero-order chi connectivity index (χ0) is 13.2. The van der Waals surface area contributed by atoms with Crippen molar-refractivity contribution in [1.82, 2.24) is 0 Å². The Morgan fingerprint density at radius 1 is 1.24 bits per heavy atom. The quantitative estimate of drug-likeness (QED) is 0.624. The molecule has 0 aromatic heterocycles.